The summed E-state index contributed by atoms with van der Waals surface area (Å²) in [5.41, 5.74) is 0.378. The maximum atomic E-state index is 13.8. The minimum Gasteiger partial charge on any atom is -0.385 e. The molecule has 2 aromatic rings. The number of amides is 3. The van der Waals surface area contributed by atoms with Crippen molar-refractivity contribution in [3.8, 4) is 0 Å². The highest BCUT2D eigenvalue weighted by Crippen LogP contribution is 2.41. The average Bonchev–Trinajstić information content (AvgIpc) is 3.09. The lowest BCUT2D eigenvalue weighted by molar-refractivity contribution is -0.144. The highest BCUT2D eigenvalue weighted by Gasteiger charge is 2.54. The predicted octanol–water partition coefficient (Wildman–Crippen LogP) is 3.09. The smallest absolute Gasteiger partial charge is 0.241 e. The molecule has 0 saturated carbocycles. The number of hydrogen-bond donors (Lipinski definition) is 0. The third kappa shape index (κ3) is 4.83. The van der Waals surface area contributed by atoms with Crippen LogP contribution in [0.5, 0.6) is 0 Å². The number of imide groups is 1. The van der Waals surface area contributed by atoms with E-state index in [1.807, 2.05) is 35.2 Å². The van der Waals surface area contributed by atoms with Gasteiger partial charge in [-0.1, -0.05) is 30.3 Å². The molecule has 1 aromatic heterocycles. The molecule has 33 heavy (non-hydrogen) atoms. The number of hydrogen-bond acceptors (Lipinski definition) is 5. The van der Waals surface area contributed by atoms with E-state index in [1.165, 1.54) is 4.90 Å². The lowest BCUT2D eigenvalue weighted by Crippen LogP contribution is -2.48. The number of aromatic nitrogens is 1. The summed E-state index contributed by atoms with van der Waals surface area (Å²) >= 11 is 0. The quantitative estimate of drug-likeness (QED) is 0.579. The van der Waals surface area contributed by atoms with Crippen LogP contribution in [0.25, 0.3) is 0 Å². The molecule has 2 saturated heterocycles. The van der Waals surface area contributed by atoms with E-state index in [2.05, 4.69) is 4.98 Å². The summed E-state index contributed by atoms with van der Waals surface area (Å²) in [6, 6.07) is 13.0. The van der Waals surface area contributed by atoms with E-state index < -0.39 is 5.41 Å². The SMILES string of the molecule is COCC[C@H]1CCCCN1C(=O)C[C@@]1(c2ccccc2)CC(=O)N(Cc2ccncc2)C1=O. The lowest BCUT2D eigenvalue weighted by Gasteiger charge is -2.38. The first kappa shape index (κ1) is 23.1. The maximum Gasteiger partial charge on any atom is 0.241 e. The summed E-state index contributed by atoms with van der Waals surface area (Å²) in [6.45, 7) is 1.46. The van der Waals surface area contributed by atoms with Crippen molar-refractivity contribution in [1.82, 2.24) is 14.8 Å². The minimum atomic E-state index is -1.17. The summed E-state index contributed by atoms with van der Waals surface area (Å²) in [4.78, 5) is 47.7. The van der Waals surface area contributed by atoms with Crippen molar-refractivity contribution >= 4 is 17.7 Å². The van der Waals surface area contributed by atoms with Crippen molar-refractivity contribution in [3.63, 3.8) is 0 Å². The van der Waals surface area contributed by atoms with E-state index in [9.17, 15) is 14.4 Å². The highest BCUT2D eigenvalue weighted by molar-refractivity contribution is 6.10. The van der Waals surface area contributed by atoms with E-state index in [1.54, 1.807) is 31.6 Å². The van der Waals surface area contributed by atoms with Crippen LogP contribution in [0.2, 0.25) is 0 Å². The molecule has 0 bridgehead atoms. The number of benzene rings is 1. The van der Waals surface area contributed by atoms with Gasteiger partial charge in [-0.05, 0) is 48.9 Å². The van der Waals surface area contributed by atoms with Gasteiger partial charge in [-0.25, -0.2) is 0 Å². The van der Waals surface area contributed by atoms with Crippen molar-refractivity contribution in [2.45, 2.75) is 56.5 Å². The normalized spacial score (nSPS) is 23.2. The first-order valence-electron chi connectivity index (χ1n) is 11.6. The van der Waals surface area contributed by atoms with Gasteiger partial charge in [0.2, 0.25) is 17.7 Å². The Morgan fingerprint density at radius 3 is 2.61 bits per heavy atom. The molecule has 0 N–H and O–H groups in total. The molecule has 3 heterocycles. The van der Waals surface area contributed by atoms with Crippen molar-refractivity contribution < 1.29 is 19.1 Å². The average molecular weight is 450 g/mol. The van der Waals surface area contributed by atoms with Crippen molar-refractivity contribution in [2.24, 2.45) is 0 Å². The number of pyridine rings is 1. The number of likely N-dealkylation sites (tertiary alicyclic amines) is 2. The fourth-order valence-corrected chi connectivity index (χ4v) is 5.10. The molecule has 2 aliphatic rings. The molecule has 7 nitrogen and oxygen atoms in total. The number of rotatable bonds is 8. The van der Waals surface area contributed by atoms with E-state index >= 15 is 0 Å². The Labute approximate surface area is 194 Å². The third-order valence-corrected chi connectivity index (χ3v) is 6.88. The number of ether oxygens (including phenoxy) is 1. The van der Waals surface area contributed by atoms with E-state index in [4.69, 9.17) is 4.74 Å². The van der Waals surface area contributed by atoms with Gasteiger partial charge in [-0.3, -0.25) is 24.3 Å². The van der Waals surface area contributed by atoms with Gasteiger partial charge in [0.1, 0.15) is 0 Å². The van der Waals surface area contributed by atoms with Crippen LogP contribution in [0.1, 0.15) is 49.7 Å². The predicted molar refractivity (Wildman–Crippen MR) is 123 cm³/mol. The molecule has 0 aliphatic carbocycles. The Morgan fingerprint density at radius 1 is 1.12 bits per heavy atom. The zero-order chi connectivity index (χ0) is 23.3. The monoisotopic (exact) mass is 449 g/mol. The van der Waals surface area contributed by atoms with Crippen LogP contribution in [0.3, 0.4) is 0 Å². The fourth-order valence-electron chi connectivity index (χ4n) is 5.10. The summed E-state index contributed by atoms with van der Waals surface area (Å²) in [7, 11) is 1.67. The third-order valence-electron chi connectivity index (χ3n) is 6.88. The minimum absolute atomic E-state index is 0.00207. The Kier molecular flexibility index (Phi) is 7.18. The fraction of sp³-hybridized carbons (Fsp3) is 0.462. The largest absolute Gasteiger partial charge is 0.385 e. The second kappa shape index (κ2) is 10.3. The second-order valence-corrected chi connectivity index (χ2v) is 8.96. The Hall–Kier alpha value is -3.06. The Bertz CT molecular complexity index is 982. The molecular weight excluding hydrogens is 418 g/mol. The van der Waals surface area contributed by atoms with Crippen LogP contribution in [0.15, 0.2) is 54.9 Å². The summed E-state index contributed by atoms with van der Waals surface area (Å²) in [6.07, 6.45) is 7.04. The zero-order valence-electron chi connectivity index (χ0n) is 19.1. The standard InChI is InChI=1S/C26H31N3O4/c1-33-16-12-22-9-5-6-15-28(22)23(30)17-26(21-7-3-2-4-8-21)18-24(31)29(25(26)32)19-20-10-13-27-14-11-20/h2-4,7-8,10-11,13-14,22H,5-6,9,12,15-19H2,1H3/t22-,26+/m1/s1. The van der Waals surface area contributed by atoms with E-state index in [0.717, 1.165) is 36.8 Å². The Morgan fingerprint density at radius 2 is 1.88 bits per heavy atom. The number of carbonyl (C=O) groups is 3. The molecular formula is C26H31N3O4. The number of carbonyl (C=O) groups excluding carboxylic acids is 3. The maximum absolute atomic E-state index is 13.8. The molecule has 4 rings (SSSR count). The summed E-state index contributed by atoms with van der Waals surface area (Å²) < 4.78 is 5.25. The van der Waals surface area contributed by atoms with Crippen LogP contribution >= 0.6 is 0 Å². The molecule has 1 aromatic carbocycles. The number of nitrogens with zero attached hydrogens (tertiary/aromatic N) is 3. The van der Waals surface area contributed by atoms with Gasteiger partial charge in [0, 0.05) is 51.5 Å². The number of piperidine rings is 1. The molecule has 0 unspecified atom stereocenters. The summed E-state index contributed by atoms with van der Waals surface area (Å²) in [5, 5.41) is 0. The van der Waals surface area contributed by atoms with E-state index in [-0.39, 0.29) is 43.1 Å². The van der Waals surface area contributed by atoms with E-state index in [0.29, 0.717) is 13.2 Å². The van der Waals surface area contributed by atoms with Gasteiger partial charge in [-0.2, -0.15) is 0 Å². The first-order valence-corrected chi connectivity index (χ1v) is 11.6. The van der Waals surface area contributed by atoms with Crippen LogP contribution in [-0.2, 0) is 31.1 Å². The van der Waals surface area contributed by atoms with Gasteiger partial charge in [0.05, 0.1) is 12.0 Å². The van der Waals surface area contributed by atoms with Crippen molar-refractivity contribution in [1.29, 1.82) is 0 Å². The van der Waals surface area contributed by atoms with Crippen LogP contribution in [-0.4, -0.2) is 58.8 Å². The van der Waals surface area contributed by atoms with Crippen LogP contribution < -0.4 is 0 Å². The number of methoxy groups -OCH3 is 1. The summed E-state index contributed by atoms with van der Waals surface area (Å²) in [5.74, 6) is -0.607. The van der Waals surface area contributed by atoms with Gasteiger partial charge >= 0.3 is 0 Å². The van der Waals surface area contributed by atoms with Gasteiger partial charge in [0.15, 0.2) is 0 Å². The highest BCUT2D eigenvalue weighted by atomic mass is 16.5. The molecule has 0 spiro atoms. The van der Waals surface area contributed by atoms with Gasteiger partial charge in [0.25, 0.3) is 0 Å². The molecule has 2 aliphatic heterocycles. The lowest BCUT2D eigenvalue weighted by atomic mass is 9.75. The van der Waals surface area contributed by atoms with Gasteiger partial charge in [-0.15, -0.1) is 0 Å². The molecule has 174 valence electrons. The zero-order valence-corrected chi connectivity index (χ0v) is 19.1. The molecule has 2 atom stereocenters. The molecule has 0 radical (unpaired) electrons. The first-order chi connectivity index (χ1) is 16.0. The molecule has 3 amide bonds. The van der Waals surface area contributed by atoms with Crippen LogP contribution in [0.4, 0.5) is 0 Å². The van der Waals surface area contributed by atoms with Gasteiger partial charge < -0.3 is 9.64 Å². The van der Waals surface area contributed by atoms with Crippen molar-refractivity contribution in [3.05, 3.63) is 66.0 Å². The Balaban J connectivity index is 1.62. The molecule has 2 fully saturated rings. The topological polar surface area (TPSA) is 79.8 Å². The van der Waals surface area contributed by atoms with Crippen LogP contribution in [0, 0.1) is 0 Å². The molecule has 7 heteroatoms. The van der Waals surface area contributed by atoms with Crippen molar-refractivity contribution in [2.75, 3.05) is 20.3 Å². The second-order valence-electron chi connectivity index (χ2n) is 8.96.